The molecule has 0 aliphatic carbocycles. The lowest BCUT2D eigenvalue weighted by Crippen LogP contribution is -2.28. The van der Waals surface area contributed by atoms with E-state index in [2.05, 4.69) is 4.99 Å². The summed E-state index contributed by atoms with van der Waals surface area (Å²) in [7, 11) is 0. The molecule has 132 valence electrons. The second kappa shape index (κ2) is 7.72. The van der Waals surface area contributed by atoms with Gasteiger partial charge in [-0.05, 0) is 54.6 Å². The summed E-state index contributed by atoms with van der Waals surface area (Å²) in [6.45, 7) is 2.34. The number of carbonyl (C=O) groups is 1. The Morgan fingerprint density at radius 1 is 1.27 bits per heavy atom. The molecule has 6 nitrogen and oxygen atoms in total. The van der Waals surface area contributed by atoms with E-state index in [-0.39, 0.29) is 11.6 Å². The van der Waals surface area contributed by atoms with E-state index in [0.29, 0.717) is 32.9 Å². The number of benzene rings is 2. The molecule has 1 aliphatic rings. The Balaban J connectivity index is 1.92. The van der Waals surface area contributed by atoms with Crippen molar-refractivity contribution in [3.05, 3.63) is 74.1 Å². The average molecular weight is 388 g/mol. The third kappa shape index (κ3) is 3.95. The second-order valence-corrected chi connectivity index (χ2v) is 6.83. The van der Waals surface area contributed by atoms with Crippen LogP contribution in [0.3, 0.4) is 0 Å². The number of nitrogens with zero attached hydrogens (tertiary/aromatic N) is 3. The van der Waals surface area contributed by atoms with Gasteiger partial charge in [0, 0.05) is 23.7 Å². The van der Waals surface area contributed by atoms with E-state index in [1.807, 2.05) is 6.92 Å². The van der Waals surface area contributed by atoms with Crippen molar-refractivity contribution in [3.8, 4) is 0 Å². The number of carbonyl (C=O) groups excluding carboxylic acids is 1. The molecule has 26 heavy (non-hydrogen) atoms. The van der Waals surface area contributed by atoms with Crippen LogP contribution in [0.25, 0.3) is 6.08 Å². The van der Waals surface area contributed by atoms with Crippen molar-refractivity contribution in [2.24, 2.45) is 4.99 Å². The first-order valence-corrected chi connectivity index (χ1v) is 8.97. The first-order valence-electron chi connectivity index (χ1n) is 7.78. The second-order valence-electron chi connectivity index (χ2n) is 5.38. The van der Waals surface area contributed by atoms with Gasteiger partial charge < -0.3 is 0 Å². The molecule has 0 atom stereocenters. The summed E-state index contributed by atoms with van der Waals surface area (Å²) in [5, 5.41) is 12.1. The number of hydrogen-bond donors (Lipinski definition) is 0. The molecule has 0 saturated carbocycles. The zero-order valence-corrected chi connectivity index (χ0v) is 15.3. The minimum absolute atomic E-state index is 0.0165. The molecule has 0 bridgehead atoms. The molecule has 2 aromatic rings. The Bertz CT molecular complexity index is 926. The van der Waals surface area contributed by atoms with Crippen molar-refractivity contribution in [1.29, 1.82) is 0 Å². The molecular formula is C18H14ClN3O3S. The van der Waals surface area contributed by atoms with Gasteiger partial charge in [-0.2, -0.15) is 0 Å². The van der Waals surface area contributed by atoms with Crippen LogP contribution >= 0.6 is 23.4 Å². The molecule has 0 unspecified atom stereocenters. The van der Waals surface area contributed by atoms with Gasteiger partial charge >= 0.3 is 0 Å². The van der Waals surface area contributed by atoms with E-state index < -0.39 is 4.92 Å². The number of hydrogen-bond acceptors (Lipinski definition) is 5. The van der Waals surface area contributed by atoms with Crippen LogP contribution in [0.2, 0.25) is 5.02 Å². The molecule has 1 amide bonds. The van der Waals surface area contributed by atoms with Gasteiger partial charge in [0.2, 0.25) is 0 Å². The molecule has 0 aromatic heterocycles. The van der Waals surface area contributed by atoms with E-state index in [1.54, 1.807) is 47.4 Å². The number of likely N-dealkylation sites (N-methyl/N-ethyl adjacent to an activating group) is 1. The van der Waals surface area contributed by atoms with Crippen molar-refractivity contribution < 1.29 is 9.72 Å². The minimum Gasteiger partial charge on any atom is -0.287 e. The quantitative estimate of drug-likeness (QED) is 0.426. The largest absolute Gasteiger partial charge is 0.287 e. The van der Waals surface area contributed by atoms with Crippen molar-refractivity contribution >= 4 is 51.9 Å². The summed E-state index contributed by atoms with van der Waals surface area (Å²) in [4.78, 5) is 29.6. The summed E-state index contributed by atoms with van der Waals surface area (Å²) in [6, 6.07) is 13.2. The smallest absolute Gasteiger partial charge is 0.270 e. The van der Waals surface area contributed by atoms with Crippen LogP contribution in [0.1, 0.15) is 12.5 Å². The maximum atomic E-state index is 12.6. The van der Waals surface area contributed by atoms with E-state index in [4.69, 9.17) is 11.6 Å². The van der Waals surface area contributed by atoms with Crippen LogP contribution in [0, 0.1) is 10.1 Å². The standard InChI is InChI=1S/C18H14ClN3O3S/c1-2-21-17(23)16(11-12-4-3-5-15(10-12)22(24)25)26-18(21)20-14-8-6-13(19)7-9-14/h3-11H,2H2,1H3/b16-11+,20-18?. The maximum absolute atomic E-state index is 12.6. The Labute approximate surface area is 159 Å². The first-order chi connectivity index (χ1) is 12.5. The summed E-state index contributed by atoms with van der Waals surface area (Å²) >= 11 is 7.12. The Morgan fingerprint density at radius 2 is 2.00 bits per heavy atom. The Hall–Kier alpha value is -2.64. The topological polar surface area (TPSA) is 75.8 Å². The highest BCUT2D eigenvalue weighted by Crippen LogP contribution is 2.34. The van der Waals surface area contributed by atoms with Gasteiger partial charge in [0.15, 0.2) is 5.17 Å². The van der Waals surface area contributed by atoms with Gasteiger partial charge in [0.25, 0.3) is 11.6 Å². The SMILES string of the molecule is CCN1C(=O)/C(=C\c2cccc([N+](=O)[O-])c2)SC1=Nc1ccc(Cl)cc1. The Kier molecular flexibility index (Phi) is 5.39. The minimum atomic E-state index is -0.461. The fourth-order valence-electron chi connectivity index (χ4n) is 2.38. The highest BCUT2D eigenvalue weighted by molar-refractivity contribution is 8.18. The summed E-state index contributed by atoms with van der Waals surface area (Å²) in [5.74, 6) is -0.170. The molecule has 1 saturated heterocycles. The zero-order valence-electron chi connectivity index (χ0n) is 13.8. The van der Waals surface area contributed by atoms with E-state index >= 15 is 0 Å². The fourth-order valence-corrected chi connectivity index (χ4v) is 3.56. The number of nitro benzene ring substituents is 1. The van der Waals surface area contributed by atoms with Crippen molar-refractivity contribution in [1.82, 2.24) is 4.90 Å². The number of amides is 1. The number of amidine groups is 1. The molecule has 1 fully saturated rings. The Morgan fingerprint density at radius 3 is 2.65 bits per heavy atom. The number of non-ortho nitro benzene ring substituents is 1. The molecule has 3 rings (SSSR count). The van der Waals surface area contributed by atoms with Gasteiger partial charge in [-0.15, -0.1) is 0 Å². The molecule has 0 radical (unpaired) electrons. The summed E-state index contributed by atoms with van der Waals surface area (Å²) in [5.41, 5.74) is 1.27. The van der Waals surface area contributed by atoms with Gasteiger partial charge in [-0.1, -0.05) is 23.7 Å². The molecule has 0 spiro atoms. The average Bonchev–Trinajstić information content (AvgIpc) is 2.91. The number of halogens is 1. The number of aliphatic imine (C=N–C) groups is 1. The van der Waals surface area contributed by atoms with E-state index in [1.165, 1.54) is 23.9 Å². The van der Waals surface area contributed by atoms with Crippen molar-refractivity contribution in [2.45, 2.75) is 6.92 Å². The molecule has 8 heteroatoms. The number of rotatable bonds is 4. The van der Waals surface area contributed by atoms with Crippen LogP contribution < -0.4 is 0 Å². The molecule has 1 aliphatic heterocycles. The predicted octanol–water partition coefficient (Wildman–Crippen LogP) is 4.87. The predicted molar refractivity (Wildman–Crippen MR) is 105 cm³/mol. The van der Waals surface area contributed by atoms with E-state index in [9.17, 15) is 14.9 Å². The lowest BCUT2D eigenvalue weighted by molar-refractivity contribution is -0.384. The fraction of sp³-hybridized carbons (Fsp3) is 0.111. The molecule has 0 N–H and O–H groups in total. The highest BCUT2D eigenvalue weighted by atomic mass is 35.5. The lowest BCUT2D eigenvalue weighted by atomic mass is 10.2. The lowest BCUT2D eigenvalue weighted by Gasteiger charge is -2.11. The summed E-state index contributed by atoms with van der Waals surface area (Å²) in [6.07, 6.45) is 1.65. The maximum Gasteiger partial charge on any atom is 0.270 e. The molecular weight excluding hydrogens is 374 g/mol. The van der Waals surface area contributed by atoms with E-state index in [0.717, 1.165) is 0 Å². The van der Waals surface area contributed by atoms with Crippen LogP contribution in [-0.2, 0) is 4.79 Å². The van der Waals surface area contributed by atoms with Gasteiger partial charge in [0.1, 0.15) is 0 Å². The van der Waals surface area contributed by atoms with Gasteiger partial charge in [-0.3, -0.25) is 19.8 Å². The van der Waals surface area contributed by atoms with Crippen LogP contribution in [0.4, 0.5) is 11.4 Å². The molecule has 2 aromatic carbocycles. The van der Waals surface area contributed by atoms with Crippen molar-refractivity contribution in [3.63, 3.8) is 0 Å². The monoisotopic (exact) mass is 387 g/mol. The van der Waals surface area contributed by atoms with Crippen molar-refractivity contribution in [2.75, 3.05) is 6.54 Å². The zero-order chi connectivity index (χ0) is 18.7. The van der Waals surface area contributed by atoms with Gasteiger partial charge in [-0.25, -0.2) is 4.99 Å². The highest BCUT2D eigenvalue weighted by Gasteiger charge is 2.32. The third-order valence-electron chi connectivity index (χ3n) is 3.63. The molecule has 1 heterocycles. The summed E-state index contributed by atoms with van der Waals surface area (Å²) < 4.78 is 0. The first kappa shape index (κ1) is 18.2. The normalized spacial score (nSPS) is 17.3. The number of nitro groups is 1. The third-order valence-corrected chi connectivity index (χ3v) is 4.89. The van der Waals surface area contributed by atoms with Crippen LogP contribution in [0.15, 0.2) is 58.4 Å². The van der Waals surface area contributed by atoms with Crippen LogP contribution in [-0.4, -0.2) is 27.4 Å². The van der Waals surface area contributed by atoms with Crippen LogP contribution in [0.5, 0.6) is 0 Å². The number of thioether (sulfide) groups is 1. The van der Waals surface area contributed by atoms with Gasteiger partial charge in [0.05, 0.1) is 15.5 Å².